The fraction of sp³-hybridized carbons (Fsp3) is 1.00. The van der Waals surface area contributed by atoms with Crippen molar-refractivity contribution in [1.82, 2.24) is 5.32 Å². The van der Waals surface area contributed by atoms with Gasteiger partial charge in [0.05, 0.1) is 6.61 Å². The van der Waals surface area contributed by atoms with Crippen molar-refractivity contribution in [3.05, 3.63) is 0 Å². The maximum absolute atomic E-state index is 5.53. The molecule has 0 saturated carbocycles. The molecule has 0 aromatic rings. The summed E-state index contributed by atoms with van der Waals surface area (Å²) >= 11 is 0. The SMILES string of the molecule is CCCOCCC1(CNC)CCOC1. The average molecular weight is 201 g/mol. The average Bonchev–Trinajstić information content (AvgIpc) is 2.63. The summed E-state index contributed by atoms with van der Waals surface area (Å²) in [4.78, 5) is 0. The molecular formula is C11H23NO2. The highest BCUT2D eigenvalue weighted by molar-refractivity contribution is 4.84. The van der Waals surface area contributed by atoms with Crippen LogP contribution in [0, 0.1) is 5.41 Å². The molecule has 1 unspecified atom stereocenters. The van der Waals surface area contributed by atoms with Gasteiger partial charge in [0.15, 0.2) is 0 Å². The first-order chi connectivity index (χ1) is 6.83. The topological polar surface area (TPSA) is 30.5 Å². The molecule has 0 aromatic heterocycles. The van der Waals surface area contributed by atoms with Gasteiger partial charge >= 0.3 is 0 Å². The second-order valence-electron chi connectivity index (χ2n) is 4.20. The van der Waals surface area contributed by atoms with Crippen LogP contribution in [0.1, 0.15) is 26.2 Å². The van der Waals surface area contributed by atoms with Gasteiger partial charge in [-0.1, -0.05) is 6.92 Å². The molecule has 1 aliphatic rings. The van der Waals surface area contributed by atoms with Crippen LogP contribution in [0.15, 0.2) is 0 Å². The molecule has 3 nitrogen and oxygen atoms in total. The van der Waals surface area contributed by atoms with E-state index in [1.165, 1.54) is 6.42 Å². The van der Waals surface area contributed by atoms with Crippen molar-refractivity contribution in [1.29, 1.82) is 0 Å². The highest BCUT2D eigenvalue weighted by Crippen LogP contribution is 2.31. The molecule has 0 radical (unpaired) electrons. The summed E-state index contributed by atoms with van der Waals surface area (Å²) in [6.45, 7) is 6.75. The minimum atomic E-state index is 0.336. The summed E-state index contributed by atoms with van der Waals surface area (Å²) in [7, 11) is 2.01. The van der Waals surface area contributed by atoms with Gasteiger partial charge in [-0.15, -0.1) is 0 Å². The molecular weight excluding hydrogens is 178 g/mol. The first-order valence-electron chi connectivity index (χ1n) is 5.63. The van der Waals surface area contributed by atoms with Crippen molar-refractivity contribution in [2.24, 2.45) is 5.41 Å². The number of ether oxygens (including phenoxy) is 2. The third kappa shape index (κ3) is 3.56. The van der Waals surface area contributed by atoms with Crippen LogP contribution < -0.4 is 5.32 Å². The molecule has 0 bridgehead atoms. The van der Waals surface area contributed by atoms with Crippen LogP contribution in [-0.4, -0.2) is 40.0 Å². The Balaban J connectivity index is 2.21. The molecule has 1 heterocycles. The fourth-order valence-corrected chi connectivity index (χ4v) is 1.98. The van der Waals surface area contributed by atoms with Gasteiger partial charge in [-0.3, -0.25) is 0 Å². The van der Waals surface area contributed by atoms with E-state index in [-0.39, 0.29) is 0 Å². The fourth-order valence-electron chi connectivity index (χ4n) is 1.98. The highest BCUT2D eigenvalue weighted by atomic mass is 16.5. The van der Waals surface area contributed by atoms with Gasteiger partial charge < -0.3 is 14.8 Å². The number of hydrogen-bond acceptors (Lipinski definition) is 3. The largest absolute Gasteiger partial charge is 0.381 e. The van der Waals surface area contributed by atoms with E-state index in [2.05, 4.69) is 12.2 Å². The molecule has 0 aliphatic carbocycles. The monoisotopic (exact) mass is 201 g/mol. The second kappa shape index (κ2) is 6.38. The van der Waals surface area contributed by atoms with E-state index in [1.54, 1.807) is 0 Å². The molecule has 14 heavy (non-hydrogen) atoms. The molecule has 1 rings (SSSR count). The molecule has 1 saturated heterocycles. The molecule has 1 atom stereocenters. The lowest BCUT2D eigenvalue weighted by Gasteiger charge is -2.26. The lowest BCUT2D eigenvalue weighted by Crippen LogP contribution is -2.34. The van der Waals surface area contributed by atoms with Crippen molar-refractivity contribution in [3.8, 4) is 0 Å². The molecule has 1 fully saturated rings. The third-order valence-electron chi connectivity index (χ3n) is 2.86. The maximum atomic E-state index is 5.53. The van der Waals surface area contributed by atoms with Gasteiger partial charge in [0, 0.05) is 31.8 Å². The first kappa shape index (κ1) is 12.0. The number of hydrogen-bond donors (Lipinski definition) is 1. The molecule has 0 amide bonds. The molecule has 84 valence electrons. The van der Waals surface area contributed by atoms with E-state index >= 15 is 0 Å². The molecule has 0 spiro atoms. The Morgan fingerprint density at radius 1 is 1.43 bits per heavy atom. The number of rotatable bonds is 7. The molecule has 1 aliphatic heterocycles. The van der Waals surface area contributed by atoms with Crippen molar-refractivity contribution < 1.29 is 9.47 Å². The summed E-state index contributed by atoms with van der Waals surface area (Å²) < 4.78 is 11.0. The first-order valence-corrected chi connectivity index (χ1v) is 5.63. The smallest absolute Gasteiger partial charge is 0.0536 e. The van der Waals surface area contributed by atoms with Gasteiger partial charge in [-0.2, -0.15) is 0 Å². The maximum Gasteiger partial charge on any atom is 0.0536 e. The minimum Gasteiger partial charge on any atom is -0.381 e. The van der Waals surface area contributed by atoms with Gasteiger partial charge in [0.1, 0.15) is 0 Å². The Labute approximate surface area is 87.2 Å². The number of nitrogens with one attached hydrogen (secondary N) is 1. The van der Waals surface area contributed by atoms with Gasteiger partial charge in [-0.05, 0) is 26.3 Å². The minimum absolute atomic E-state index is 0.336. The van der Waals surface area contributed by atoms with Gasteiger partial charge in [0.2, 0.25) is 0 Å². The predicted molar refractivity (Wildman–Crippen MR) is 57.5 cm³/mol. The van der Waals surface area contributed by atoms with Crippen LogP contribution in [0.5, 0.6) is 0 Å². The molecule has 3 heteroatoms. The van der Waals surface area contributed by atoms with Crippen LogP contribution in [0.4, 0.5) is 0 Å². The van der Waals surface area contributed by atoms with Gasteiger partial charge in [-0.25, -0.2) is 0 Å². The van der Waals surface area contributed by atoms with Crippen LogP contribution in [0.25, 0.3) is 0 Å². The Bertz CT molecular complexity index is 144. The van der Waals surface area contributed by atoms with Crippen molar-refractivity contribution in [3.63, 3.8) is 0 Å². The standard InChI is InChI=1S/C11H23NO2/c1-3-6-13-7-4-11(9-12-2)5-8-14-10-11/h12H,3-10H2,1-2H3. The van der Waals surface area contributed by atoms with Gasteiger partial charge in [0.25, 0.3) is 0 Å². The van der Waals surface area contributed by atoms with Crippen LogP contribution >= 0.6 is 0 Å². The Hall–Kier alpha value is -0.120. The predicted octanol–water partition coefficient (Wildman–Crippen LogP) is 1.43. The summed E-state index contributed by atoms with van der Waals surface area (Å²) in [6, 6.07) is 0. The zero-order valence-corrected chi connectivity index (χ0v) is 9.47. The lowest BCUT2D eigenvalue weighted by molar-refractivity contribution is 0.0815. The van der Waals surface area contributed by atoms with E-state index in [1.807, 2.05) is 7.05 Å². The normalized spacial score (nSPS) is 27.0. The third-order valence-corrected chi connectivity index (χ3v) is 2.86. The molecule has 1 N–H and O–H groups in total. The van der Waals surface area contributed by atoms with Crippen molar-refractivity contribution in [2.45, 2.75) is 26.2 Å². The Kier molecular flexibility index (Phi) is 5.45. The van der Waals surface area contributed by atoms with Crippen molar-refractivity contribution >= 4 is 0 Å². The lowest BCUT2D eigenvalue weighted by atomic mass is 9.84. The zero-order chi connectivity index (χ0) is 10.3. The van der Waals surface area contributed by atoms with E-state index in [9.17, 15) is 0 Å². The highest BCUT2D eigenvalue weighted by Gasteiger charge is 2.33. The van der Waals surface area contributed by atoms with Crippen LogP contribution in [0.2, 0.25) is 0 Å². The quantitative estimate of drug-likeness (QED) is 0.632. The zero-order valence-electron chi connectivity index (χ0n) is 9.47. The van der Waals surface area contributed by atoms with E-state index in [0.717, 1.165) is 45.8 Å². The summed E-state index contributed by atoms with van der Waals surface area (Å²) in [5.74, 6) is 0. The summed E-state index contributed by atoms with van der Waals surface area (Å²) in [5.41, 5.74) is 0.336. The van der Waals surface area contributed by atoms with E-state index in [0.29, 0.717) is 5.41 Å². The Morgan fingerprint density at radius 2 is 2.29 bits per heavy atom. The Morgan fingerprint density at radius 3 is 2.86 bits per heavy atom. The van der Waals surface area contributed by atoms with E-state index < -0.39 is 0 Å². The second-order valence-corrected chi connectivity index (χ2v) is 4.20. The van der Waals surface area contributed by atoms with Crippen molar-refractivity contribution in [2.75, 3.05) is 40.0 Å². The van der Waals surface area contributed by atoms with E-state index in [4.69, 9.17) is 9.47 Å². The van der Waals surface area contributed by atoms with Crippen LogP contribution in [-0.2, 0) is 9.47 Å². The summed E-state index contributed by atoms with van der Waals surface area (Å²) in [6.07, 6.45) is 3.40. The molecule has 0 aromatic carbocycles. The van der Waals surface area contributed by atoms with Crippen LogP contribution in [0.3, 0.4) is 0 Å². The summed E-state index contributed by atoms with van der Waals surface area (Å²) in [5, 5.41) is 3.26.